The zero-order valence-corrected chi connectivity index (χ0v) is 16.2. The number of aromatic nitrogens is 2. The van der Waals surface area contributed by atoms with Crippen LogP contribution in [0.4, 0.5) is 0 Å². The van der Waals surface area contributed by atoms with Crippen LogP contribution < -0.4 is 9.47 Å². The maximum absolute atomic E-state index is 12.8. The summed E-state index contributed by atoms with van der Waals surface area (Å²) in [6, 6.07) is 23.0. The van der Waals surface area contributed by atoms with Crippen molar-refractivity contribution >= 4 is 5.78 Å². The number of hydrogen-bond donors (Lipinski definition) is 0. The third kappa shape index (κ3) is 3.75. The Balaban J connectivity index is 1.65. The Bertz CT molecular complexity index is 1160. The summed E-state index contributed by atoms with van der Waals surface area (Å²) in [4.78, 5) is 17.1. The van der Waals surface area contributed by atoms with E-state index in [4.69, 9.17) is 9.47 Å². The number of para-hydroxylation sites is 1. The molecule has 3 aromatic carbocycles. The average Bonchev–Trinajstić information content (AvgIpc) is 3.29. The van der Waals surface area contributed by atoms with Gasteiger partial charge in [0.1, 0.15) is 23.5 Å². The van der Waals surface area contributed by atoms with Crippen LogP contribution in [-0.2, 0) is 0 Å². The molecule has 0 atom stereocenters. The van der Waals surface area contributed by atoms with E-state index in [2.05, 4.69) is 4.98 Å². The van der Waals surface area contributed by atoms with Gasteiger partial charge in [0, 0.05) is 23.0 Å². The number of hydrogen-bond acceptors (Lipinski definition) is 4. The number of ketones is 1. The number of benzene rings is 3. The number of carbonyl (C=O) groups is 1. The van der Waals surface area contributed by atoms with Gasteiger partial charge in [0.25, 0.3) is 0 Å². The first-order valence-corrected chi connectivity index (χ1v) is 9.16. The molecule has 0 saturated heterocycles. The summed E-state index contributed by atoms with van der Waals surface area (Å²) in [5.74, 6) is 1.30. The van der Waals surface area contributed by atoms with Gasteiger partial charge in [0.15, 0.2) is 0 Å². The van der Waals surface area contributed by atoms with Gasteiger partial charge in [-0.2, -0.15) is 0 Å². The van der Waals surface area contributed by atoms with E-state index in [0.29, 0.717) is 17.0 Å². The summed E-state index contributed by atoms with van der Waals surface area (Å²) in [7, 11) is 3.24. The van der Waals surface area contributed by atoms with Crippen molar-refractivity contribution in [3.63, 3.8) is 0 Å². The third-order valence-corrected chi connectivity index (χ3v) is 4.71. The third-order valence-electron chi connectivity index (χ3n) is 4.71. The Morgan fingerprint density at radius 3 is 2.55 bits per heavy atom. The Hall–Kier alpha value is -3.86. The van der Waals surface area contributed by atoms with Gasteiger partial charge >= 0.3 is 0 Å². The molecule has 0 unspecified atom stereocenters. The topological polar surface area (TPSA) is 53.4 Å². The Kier molecular flexibility index (Phi) is 5.12. The highest BCUT2D eigenvalue weighted by Crippen LogP contribution is 2.30. The normalized spacial score (nSPS) is 10.6. The minimum absolute atomic E-state index is 0.150. The molecule has 0 saturated carbocycles. The molecule has 0 aliphatic heterocycles. The summed E-state index contributed by atoms with van der Waals surface area (Å²) in [5, 5.41) is 0. The van der Waals surface area contributed by atoms with Crippen LogP contribution in [0.15, 0.2) is 85.3 Å². The maximum Gasteiger partial charge on any atom is 0.213 e. The molecule has 0 radical (unpaired) electrons. The van der Waals surface area contributed by atoms with Gasteiger partial charge in [-0.15, -0.1) is 0 Å². The number of nitrogens with zero attached hydrogens (tertiary/aromatic N) is 2. The lowest BCUT2D eigenvalue weighted by Crippen LogP contribution is -2.02. The summed E-state index contributed by atoms with van der Waals surface area (Å²) >= 11 is 0. The van der Waals surface area contributed by atoms with Crippen LogP contribution >= 0.6 is 0 Å². The van der Waals surface area contributed by atoms with E-state index in [1.54, 1.807) is 51.0 Å². The summed E-state index contributed by atoms with van der Waals surface area (Å²) in [6.45, 7) is 0. The second-order valence-corrected chi connectivity index (χ2v) is 6.48. The SMILES string of the molecule is COc1cccc(C(=O)c2cn(-c3cccc(-c4ccccc4OC)c3)cn2)c1. The molecule has 29 heavy (non-hydrogen) atoms. The standard InChI is InChI=1S/C24H20N2O3/c1-28-20-10-6-8-18(14-20)24(27)22-15-26(16-25-22)19-9-5-7-17(13-19)21-11-3-4-12-23(21)29-2/h3-16H,1-2H3. The first-order chi connectivity index (χ1) is 14.2. The van der Waals surface area contributed by atoms with Crippen LogP contribution in [0.5, 0.6) is 11.5 Å². The van der Waals surface area contributed by atoms with E-state index in [1.807, 2.05) is 53.1 Å². The molecule has 0 bridgehead atoms. The molecular formula is C24H20N2O3. The number of methoxy groups -OCH3 is 2. The molecule has 0 aliphatic rings. The molecule has 4 aromatic rings. The number of imidazole rings is 1. The van der Waals surface area contributed by atoms with Gasteiger partial charge in [-0.05, 0) is 35.9 Å². The Morgan fingerprint density at radius 2 is 1.72 bits per heavy atom. The zero-order chi connectivity index (χ0) is 20.2. The lowest BCUT2D eigenvalue weighted by atomic mass is 10.0. The summed E-state index contributed by atoms with van der Waals surface area (Å²) < 4.78 is 12.5. The van der Waals surface area contributed by atoms with Gasteiger partial charge in [-0.3, -0.25) is 4.79 Å². The van der Waals surface area contributed by atoms with Crippen molar-refractivity contribution in [2.45, 2.75) is 0 Å². The molecule has 0 N–H and O–H groups in total. The van der Waals surface area contributed by atoms with Crippen molar-refractivity contribution in [1.82, 2.24) is 9.55 Å². The second-order valence-electron chi connectivity index (χ2n) is 6.48. The lowest BCUT2D eigenvalue weighted by Gasteiger charge is -2.10. The highest BCUT2D eigenvalue weighted by atomic mass is 16.5. The van der Waals surface area contributed by atoms with E-state index >= 15 is 0 Å². The van der Waals surface area contributed by atoms with Crippen LogP contribution in [0, 0.1) is 0 Å². The first-order valence-electron chi connectivity index (χ1n) is 9.16. The van der Waals surface area contributed by atoms with Gasteiger partial charge in [-0.1, -0.05) is 42.5 Å². The molecule has 1 heterocycles. The van der Waals surface area contributed by atoms with E-state index in [9.17, 15) is 4.79 Å². The van der Waals surface area contributed by atoms with Gasteiger partial charge in [0.05, 0.1) is 14.2 Å². The van der Waals surface area contributed by atoms with Crippen LogP contribution in [0.3, 0.4) is 0 Å². The minimum atomic E-state index is -0.150. The van der Waals surface area contributed by atoms with Crippen LogP contribution in [0.25, 0.3) is 16.8 Å². The maximum atomic E-state index is 12.8. The van der Waals surface area contributed by atoms with E-state index in [-0.39, 0.29) is 5.78 Å². The number of ether oxygens (including phenoxy) is 2. The highest BCUT2D eigenvalue weighted by molar-refractivity contribution is 6.07. The molecule has 144 valence electrons. The fourth-order valence-corrected chi connectivity index (χ4v) is 3.21. The number of carbonyl (C=O) groups excluding carboxylic acids is 1. The van der Waals surface area contributed by atoms with E-state index in [0.717, 1.165) is 22.6 Å². The van der Waals surface area contributed by atoms with Crippen molar-refractivity contribution in [1.29, 1.82) is 0 Å². The molecule has 5 nitrogen and oxygen atoms in total. The Morgan fingerprint density at radius 1 is 0.897 bits per heavy atom. The molecule has 0 aliphatic carbocycles. The molecular weight excluding hydrogens is 364 g/mol. The fraction of sp³-hybridized carbons (Fsp3) is 0.0833. The quantitative estimate of drug-likeness (QED) is 0.449. The molecule has 0 amide bonds. The van der Waals surface area contributed by atoms with Crippen LogP contribution in [0.2, 0.25) is 0 Å². The molecule has 4 rings (SSSR count). The van der Waals surface area contributed by atoms with Crippen LogP contribution in [0.1, 0.15) is 16.1 Å². The monoisotopic (exact) mass is 384 g/mol. The van der Waals surface area contributed by atoms with Gasteiger partial charge in [-0.25, -0.2) is 4.98 Å². The molecule has 0 fully saturated rings. The Labute approximate surface area is 169 Å². The summed E-state index contributed by atoms with van der Waals surface area (Å²) in [6.07, 6.45) is 3.39. The largest absolute Gasteiger partial charge is 0.497 e. The van der Waals surface area contributed by atoms with Gasteiger partial charge in [0.2, 0.25) is 5.78 Å². The minimum Gasteiger partial charge on any atom is -0.497 e. The van der Waals surface area contributed by atoms with Gasteiger partial charge < -0.3 is 14.0 Å². The van der Waals surface area contributed by atoms with E-state index in [1.165, 1.54) is 0 Å². The fourth-order valence-electron chi connectivity index (χ4n) is 3.21. The van der Waals surface area contributed by atoms with Crippen molar-refractivity contribution in [3.8, 4) is 28.3 Å². The van der Waals surface area contributed by atoms with E-state index < -0.39 is 0 Å². The van der Waals surface area contributed by atoms with Crippen LogP contribution in [-0.4, -0.2) is 29.6 Å². The van der Waals surface area contributed by atoms with Crippen molar-refractivity contribution in [3.05, 3.63) is 96.6 Å². The summed E-state index contributed by atoms with van der Waals surface area (Å²) in [5.41, 5.74) is 3.85. The average molecular weight is 384 g/mol. The zero-order valence-electron chi connectivity index (χ0n) is 16.2. The molecule has 0 spiro atoms. The van der Waals surface area contributed by atoms with Crippen molar-refractivity contribution in [2.24, 2.45) is 0 Å². The smallest absolute Gasteiger partial charge is 0.213 e. The predicted molar refractivity (Wildman–Crippen MR) is 112 cm³/mol. The molecule has 5 heteroatoms. The predicted octanol–water partition coefficient (Wildman–Crippen LogP) is 4.79. The first kappa shape index (κ1) is 18.5. The van der Waals surface area contributed by atoms with Crippen molar-refractivity contribution in [2.75, 3.05) is 14.2 Å². The molecule has 1 aromatic heterocycles. The lowest BCUT2D eigenvalue weighted by molar-refractivity contribution is 0.103. The number of rotatable bonds is 6. The van der Waals surface area contributed by atoms with Crippen molar-refractivity contribution < 1.29 is 14.3 Å². The second kappa shape index (κ2) is 8.02. The highest BCUT2D eigenvalue weighted by Gasteiger charge is 2.14.